The number of benzene rings is 3. The van der Waals surface area contributed by atoms with Crippen molar-refractivity contribution in [3.8, 4) is 11.1 Å². The van der Waals surface area contributed by atoms with E-state index in [1.54, 1.807) is 51.1 Å². The van der Waals surface area contributed by atoms with Crippen LogP contribution in [-0.2, 0) is 14.8 Å². The molecule has 0 heterocycles. The van der Waals surface area contributed by atoms with Gasteiger partial charge < -0.3 is 10.4 Å². The number of aliphatic carboxylic acids is 1. The van der Waals surface area contributed by atoms with Crippen molar-refractivity contribution in [3.05, 3.63) is 83.4 Å². The van der Waals surface area contributed by atoms with Gasteiger partial charge in [-0.15, -0.1) is 0 Å². The lowest BCUT2D eigenvalue weighted by atomic mass is 10.00. The second-order valence-corrected chi connectivity index (χ2v) is 10.0. The number of carboxylic acids is 1. The Kier molecular flexibility index (Phi) is 7.67. The highest BCUT2D eigenvalue weighted by Crippen LogP contribution is 2.27. The molecule has 35 heavy (non-hydrogen) atoms. The van der Waals surface area contributed by atoms with Crippen molar-refractivity contribution in [2.24, 2.45) is 5.92 Å². The Bertz CT molecular complexity index is 1370. The van der Waals surface area contributed by atoms with Gasteiger partial charge in [-0.25, -0.2) is 17.2 Å². The number of aryl methyl sites for hydroxylation is 1. The quantitative estimate of drug-likeness (QED) is 0.417. The SMILES string of the molecule is Cc1cc(NC(=O)c2ccc(F)c(F)c2)ccc1-c1ccc(S(=O)(=O)N[C@H](C(=O)O)C(C)C)cc1. The highest BCUT2D eigenvalue weighted by Gasteiger charge is 2.28. The van der Waals surface area contributed by atoms with Gasteiger partial charge in [0.2, 0.25) is 10.0 Å². The Morgan fingerprint density at radius 3 is 2.11 bits per heavy atom. The molecule has 1 atom stereocenters. The van der Waals surface area contributed by atoms with Crippen molar-refractivity contribution < 1.29 is 31.9 Å². The average Bonchev–Trinajstić information content (AvgIpc) is 2.79. The Balaban J connectivity index is 1.78. The van der Waals surface area contributed by atoms with E-state index in [1.807, 2.05) is 0 Å². The summed E-state index contributed by atoms with van der Waals surface area (Å²) in [5, 5.41) is 11.9. The van der Waals surface area contributed by atoms with Crippen LogP contribution in [0.1, 0.15) is 29.8 Å². The van der Waals surface area contributed by atoms with Crippen LogP contribution in [-0.4, -0.2) is 31.4 Å². The second-order valence-electron chi connectivity index (χ2n) is 8.32. The number of carbonyl (C=O) groups is 2. The fraction of sp³-hybridized carbons (Fsp3) is 0.200. The highest BCUT2D eigenvalue weighted by molar-refractivity contribution is 7.89. The zero-order valence-corrected chi connectivity index (χ0v) is 20.0. The van der Waals surface area contributed by atoms with Crippen molar-refractivity contribution in [1.29, 1.82) is 0 Å². The van der Waals surface area contributed by atoms with E-state index in [4.69, 9.17) is 0 Å². The van der Waals surface area contributed by atoms with Gasteiger partial charge in [-0.05, 0) is 72.0 Å². The summed E-state index contributed by atoms with van der Waals surface area (Å²) in [6, 6.07) is 12.6. The number of halogens is 2. The van der Waals surface area contributed by atoms with Crippen LogP contribution in [0.2, 0.25) is 0 Å². The number of carbonyl (C=O) groups excluding carboxylic acids is 1. The Morgan fingerprint density at radius 1 is 0.914 bits per heavy atom. The van der Waals surface area contributed by atoms with Crippen LogP contribution in [0.25, 0.3) is 11.1 Å². The first kappa shape index (κ1) is 26.0. The number of anilines is 1. The Morgan fingerprint density at radius 2 is 1.57 bits per heavy atom. The largest absolute Gasteiger partial charge is 0.480 e. The number of carboxylic acid groups (broad SMARTS) is 1. The third-order valence-electron chi connectivity index (χ3n) is 5.36. The van der Waals surface area contributed by atoms with E-state index in [1.165, 1.54) is 18.2 Å². The molecule has 0 spiro atoms. The first-order chi connectivity index (χ1) is 16.4. The number of sulfonamides is 1. The maximum atomic E-state index is 13.4. The van der Waals surface area contributed by atoms with Crippen LogP contribution >= 0.6 is 0 Å². The smallest absolute Gasteiger partial charge is 0.322 e. The minimum absolute atomic E-state index is 0.0290. The molecule has 0 saturated heterocycles. The molecule has 0 fully saturated rings. The summed E-state index contributed by atoms with van der Waals surface area (Å²) >= 11 is 0. The Labute approximate surface area is 201 Å². The minimum atomic E-state index is -4.04. The van der Waals surface area contributed by atoms with E-state index in [0.717, 1.165) is 23.3 Å². The standard InChI is InChI=1S/C25H24F2N2O5S/c1-14(2)23(25(31)32)29-35(33,34)19-8-4-16(5-9-19)20-10-7-18(12-15(20)3)28-24(30)17-6-11-21(26)22(27)13-17/h4-14,23,29H,1-3H3,(H,28,30)(H,31,32)/t23-/m0/s1. The predicted octanol–water partition coefficient (Wildman–Crippen LogP) is 4.58. The predicted molar refractivity (Wildman–Crippen MR) is 128 cm³/mol. The van der Waals surface area contributed by atoms with Gasteiger partial charge in [0.05, 0.1) is 4.90 Å². The lowest BCUT2D eigenvalue weighted by molar-refractivity contribution is -0.140. The monoisotopic (exact) mass is 502 g/mol. The van der Waals surface area contributed by atoms with E-state index < -0.39 is 45.5 Å². The minimum Gasteiger partial charge on any atom is -0.480 e. The lowest BCUT2D eigenvalue weighted by Gasteiger charge is -2.18. The molecule has 3 N–H and O–H groups in total. The number of amides is 1. The number of nitrogens with one attached hydrogen (secondary N) is 2. The van der Waals surface area contributed by atoms with Crippen molar-refractivity contribution in [3.63, 3.8) is 0 Å². The van der Waals surface area contributed by atoms with Gasteiger partial charge in [-0.2, -0.15) is 4.72 Å². The molecule has 0 unspecified atom stereocenters. The first-order valence-electron chi connectivity index (χ1n) is 10.6. The zero-order chi connectivity index (χ0) is 25.9. The fourth-order valence-electron chi connectivity index (χ4n) is 3.43. The van der Waals surface area contributed by atoms with Crippen LogP contribution in [0.4, 0.5) is 14.5 Å². The molecule has 0 aromatic heterocycles. The molecule has 7 nitrogen and oxygen atoms in total. The van der Waals surface area contributed by atoms with Crippen molar-refractivity contribution in [2.75, 3.05) is 5.32 Å². The van der Waals surface area contributed by atoms with Gasteiger partial charge in [-0.3, -0.25) is 9.59 Å². The van der Waals surface area contributed by atoms with Crippen LogP contribution < -0.4 is 10.0 Å². The first-order valence-corrected chi connectivity index (χ1v) is 12.1. The summed E-state index contributed by atoms with van der Waals surface area (Å²) < 4.78 is 53.9. The molecule has 0 radical (unpaired) electrons. The number of hydrogen-bond donors (Lipinski definition) is 3. The molecule has 0 aliphatic heterocycles. The second kappa shape index (κ2) is 10.3. The Hall–Kier alpha value is -3.63. The molecule has 3 aromatic rings. The number of rotatable bonds is 8. The van der Waals surface area contributed by atoms with Gasteiger partial charge in [0.15, 0.2) is 11.6 Å². The van der Waals surface area contributed by atoms with Crippen LogP contribution in [0.5, 0.6) is 0 Å². The fourth-order valence-corrected chi connectivity index (χ4v) is 4.76. The average molecular weight is 503 g/mol. The van der Waals surface area contributed by atoms with Gasteiger partial charge in [0.25, 0.3) is 5.91 Å². The molecule has 0 bridgehead atoms. The summed E-state index contributed by atoms with van der Waals surface area (Å²) in [4.78, 5) is 23.6. The van der Waals surface area contributed by atoms with Crippen LogP contribution in [0, 0.1) is 24.5 Å². The van der Waals surface area contributed by atoms with E-state index in [0.29, 0.717) is 11.3 Å². The topological polar surface area (TPSA) is 113 Å². The summed E-state index contributed by atoms with van der Waals surface area (Å²) in [5.74, 6) is -4.46. The molecule has 10 heteroatoms. The summed E-state index contributed by atoms with van der Waals surface area (Å²) in [7, 11) is -4.04. The summed E-state index contributed by atoms with van der Waals surface area (Å²) in [6.07, 6.45) is 0. The van der Waals surface area contributed by atoms with E-state index in [-0.39, 0.29) is 10.5 Å². The molecule has 184 valence electrons. The summed E-state index contributed by atoms with van der Waals surface area (Å²) in [6.45, 7) is 5.02. The van der Waals surface area contributed by atoms with Gasteiger partial charge >= 0.3 is 5.97 Å². The van der Waals surface area contributed by atoms with Crippen LogP contribution in [0.3, 0.4) is 0 Å². The van der Waals surface area contributed by atoms with E-state index >= 15 is 0 Å². The van der Waals surface area contributed by atoms with Gasteiger partial charge in [0.1, 0.15) is 6.04 Å². The van der Waals surface area contributed by atoms with Crippen molar-refractivity contribution >= 4 is 27.6 Å². The van der Waals surface area contributed by atoms with Crippen molar-refractivity contribution in [1.82, 2.24) is 4.72 Å². The lowest BCUT2D eigenvalue weighted by Crippen LogP contribution is -2.44. The van der Waals surface area contributed by atoms with E-state index in [2.05, 4.69) is 10.0 Å². The maximum Gasteiger partial charge on any atom is 0.322 e. The maximum absolute atomic E-state index is 13.4. The molecule has 0 saturated carbocycles. The van der Waals surface area contributed by atoms with E-state index in [9.17, 15) is 31.9 Å². The summed E-state index contributed by atoms with van der Waals surface area (Å²) in [5.41, 5.74) is 2.67. The molecule has 3 rings (SSSR count). The molecule has 0 aliphatic rings. The van der Waals surface area contributed by atoms with Gasteiger partial charge in [-0.1, -0.05) is 32.0 Å². The normalized spacial score (nSPS) is 12.4. The molecular weight excluding hydrogens is 478 g/mol. The highest BCUT2D eigenvalue weighted by atomic mass is 32.2. The third-order valence-corrected chi connectivity index (χ3v) is 6.81. The van der Waals surface area contributed by atoms with Crippen molar-refractivity contribution in [2.45, 2.75) is 31.7 Å². The molecule has 1 amide bonds. The number of hydrogen-bond acceptors (Lipinski definition) is 4. The molecule has 0 aliphatic carbocycles. The molecule has 3 aromatic carbocycles. The van der Waals surface area contributed by atoms with Crippen LogP contribution in [0.15, 0.2) is 65.6 Å². The van der Waals surface area contributed by atoms with Gasteiger partial charge in [0, 0.05) is 11.3 Å². The third kappa shape index (κ3) is 6.09. The molecular formula is C25H24F2N2O5S. The zero-order valence-electron chi connectivity index (χ0n) is 19.2.